The van der Waals surface area contributed by atoms with Gasteiger partial charge in [-0.15, -0.1) is 0 Å². The second kappa shape index (κ2) is 4.33. The molecule has 0 aromatic carbocycles. The molecule has 0 saturated heterocycles. The van der Waals surface area contributed by atoms with Gasteiger partial charge in [-0.2, -0.15) is 21.6 Å². The summed E-state index contributed by atoms with van der Waals surface area (Å²) in [5, 5.41) is 0. The van der Waals surface area contributed by atoms with Crippen LogP contribution in [0.1, 0.15) is 0 Å². The highest BCUT2D eigenvalue weighted by Crippen LogP contribution is 2.29. The number of hydrogen-bond acceptors (Lipinski definition) is 4. The zero-order chi connectivity index (χ0) is 9.83. The van der Waals surface area contributed by atoms with Crippen molar-refractivity contribution in [1.29, 1.82) is 0 Å². The van der Waals surface area contributed by atoms with Crippen LogP contribution in [0.25, 0.3) is 0 Å². The van der Waals surface area contributed by atoms with Gasteiger partial charge in [0.15, 0.2) is 0 Å². The molecular weight excluding hydrogens is 217 g/mol. The minimum atomic E-state index is -4.33. The number of halogens is 3. The van der Waals surface area contributed by atoms with Crippen LogP contribution in [-0.2, 0) is 14.3 Å². The van der Waals surface area contributed by atoms with Crippen LogP contribution in [0, 0.1) is 0 Å². The van der Waals surface area contributed by atoms with Crippen LogP contribution in [0.4, 0.5) is 13.2 Å². The quantitative estimate of drug-likeness (QED) is 0.532. The van der Waals surface area contributed by atoms with Gasteiger partial charge in [0.1, 0.15) is 0 Å². The Morgan fingerprint density at radius 3 is 2.25 bits per heavy atom. The molecule has 0 aliphatic carbocycles. The van der Waals surface area contributed by atoms with Crippen LogP contribution in [0.3, 0.4) is 0 Å². The highest BCUT2D eigenvalue weighted by atomic mass is 32.2. The normalized spacial score (nSPS) is 13.3. The maximum Gasteiger partial charge on any atom is 0.441 e. The van der Waals surface area contributed by atoms with Crippen molar-refractivity contribution in [3.05, 3.63) is 0 Å². The van der Waals surface area contributed by atoms with Gasteiger partial charge >= 0.3 is 5.51 Å². The third kappa shape index (κ3) is 10.0. The van der Waals surface area contributed by atoms with Crippen molar-refractivity contribution in [2.24, 2.45) is 0 Å². The van der Waals surface area contributed by atoms with Crippen molar-refractivity contribution < 1.29 is 25.8 Å². The Labute approximate surface area is 72.4 Å². The van der Waals surface area contributed by atoms with Gasteiger partial charge in [-0.3, -0.25) is 4.18 Å². The standard InChI is InChI=1S/C4H7F3O3S2/c1-12(8,9)10-2-3-11-4(5,6)7/h2-3H2,1H3. The maximum absolute atomic E-state index is 11.4. The number of thioether (sulfide) groups is 1. The van der Waals surface area contributed by atoms with Crippen LogP contribution in [0.5, 0.6) is 0 Å². The minimum Gasteiger partial charge on any atom is -0.269 e. The largest absolute Gasteiger partial charge is 0.441 e. The van der Waals surface area contributed by atoms with Gasteiger partial charge in [0, 0.05) is 5.75 Å². The summed E-state index contributed by atoms with van der Waals surface area (Å²) in [5.74, 6) is -0.420. The minimum absolute atomic E-state index is 0.315. The first-order valence-electron chi connectivity index (χ1n) is 2.76. The second-order valence-corrected chi connectivity index (χ2v) is 4.62. The lowest BCUT2D eigenvalue weighted by molar-refractivity contribution is -0.0329. The number of hydrogen-bond donors (Lipinski definition) is 0. The van der Waals surface area contributed by atoms with E-state index >= 15 is 0 Å². The first-order valence-corrected chi connectivity index (χ1v) is 5.56. The Morgan fingerprint density at radius 1 is 1.42 bits per heavy atom. The Hall–Kier alpha value is 0.0500. The van der Waals surface area contributed by atoms with Crippen molar-refractivity contribution in [3.8, 4) is 0 Å². The van der Waals surface area contributed by atoms with E-state index in [2.05, 4.69) is 4.18 Å². The zero-order valence-electron chi connectivity index (χ0n) is 6.09. The van der Waals surface area contributed by atoms with Gasteiger partial charge in [-0.25, -0.2) is 0 Å². The van der Waals surface area contributed by atoms with E-state index in [1.807, 2.05) is 0 Å². The molecule has 3 nitrogen and oxygen atoms in total. The lowest BCUT2D eigenvalue weighted by Gasteiger charge is -2.04. The van der Waals surface area contributed by atoms with Crippen LogP contribution < -0.4 is 0 Å². The zero-order valence-corrected chi connectivity index (χ0v) is 7.72. The average molecular weight is 224 g/mol. The molecule has 0 aromatic heterocycles. The molecule has 0 bridgehead atoms. The fourth-order valence-electron chi connectivity index (χ4n) is 0.343. The Morgan fingerprint density at radius 2 is 1.92 bits per heavy atom. The van der Waals surface area contributed by atoms with Crippen molar-refractivity contribution in [2.45, 2.75) is 5.51 Å². The average Bonchev–Trinajstić information content (AvgIpc) is 1.76. The van der Waals surface area contributed by atoms with E-state index in [9.17, 15) is 21.6 Å². The summed E-state index contributed by atoms with van der Waals surface area (Å²) < 4.78 is 58.9. The molecule has 12 heavy (non-hydrogen) atoms. The van der Waals surface area contributed by atoms with E-state index in [-0.39, 0.29) is 11.8 Å². The summed E-state index contributed by atoms with van der Waals surface area (Å²) in [6.07, 6.45) is 0.783. The first kappa shape index (κ1) is 12.0. The topological polar surface area (TPSA) is 43.4 Å². The summed E-state index contributed by atoms with van der Waals surface area (Å²) >= 11 is -0.315. The van der Waals surface area contributed by atoms with E-state index in [0.29, 0.717) is 0 Å². The third-order valence-electron chi connectivity index (χ3n) is 0.646. The molecule has 0 aliphatic rings. The van der Waals surface area contributed by atoms with Crippen molar-refractivity contribution in [2.75, 3.05) is 18.6 Å². The van der Waals surface area contributed by atoms with E-state index < -0.39 is 28.0 Å². The summed E-state index contributed by atoms with van der Waals surface area (Å²) in [7, 11) is -3.62. The lowest BCUT2D eigenvalue weighted by Crippen LogP contribution is -2.09. The van der Waals surface area contributed by atoms with Crippen molar-refractivity contribution in [1.82, 2.24) is 0 Å². The van der Waals surface area contributed by atoms with Gasteiger partial charge in [-0.05, 0) is 11.8 Å². The molecule has 0 atom stereocenters. The number of rotatable bonds is 4. The summed E-state index contributed by atoms with van der Waals surface area (Å²) in [6.45, 7) is -0.455. The van der Waals surface area contributed by atoms with Gasteiger partial charge in [0.25, 0.3) is 10.1 Å². The predicted octanol–water partition coefficient (Wildman–Crippen LogP) is 1.22. The fourth-order valence-corrected chi connectivity index (χ4v) is 1.23. The third-order valence-corrected chi connectivity index (χ3v) is 1.94. The van der Waals surface area contributed by atoms with E-state index in [1.54, 1.807) is 0 Å². The molecule has 0 saturated carbocycles. The SMILES string of the molecule is CS(=O)(=O)OCCSC(F)(F)F. The Balaban J connectivity index is 3.48. The van der Waals surface area contributed by atoms with Crippen LogP contribution in [0.2, 0.25) is 0 Å². The Kier molecular flexibility index (Phi) is 4.35. The second-order valence-electron chi connectivity index (χ2n) is 1.82. The lowest BCUT2D eigenvalue weighted by atomic mass is 10.9. The predicted molar refractivity (Wildman–Crippen MR) is 39.3 cm³/mol. The smallest absolute Gasteiger partial charge is 0.269 e. The molecule has 0 amide bonds. The van der Waals surface area contributed by atoms with Gasteiger partial charge in [0.2, 0.25) is 0 Å². The molecule has 0 unspecified atom stereocenters. The highest BCUT2D eigenvalue weighted by Gasteiger charge is 2.27. The summed E-state index contributed by atoms with van der Waals surface area (Å²) in [6, 6.07) is 0. The van der Waals surface area contributed by atoms with Crippen LogP contribution >= 0.6 is 11.8 Å². The van der Waals surface area contributed by atoms with Crippen LogP contribution in [0.15, 0.2) is 0 Å². The summed E-state index contributed by atoms with van der Waals surface area (Å²) in [5.41, 5.74) is -4.33. The molecule has 0 fully saturated rings. The molecular formula is C4H7F3O3S2. The van der Waals surface area contributed by atoms with Crippen LogP contribution in [-0.4, -0.2) is 32.5 Å². The molecule has 0 aromatic rings. The van der Waals surface area contributed by atoms with Crippen molar-refractivity contribution >= 4 is 21.9 Å². The molecule has 0 aliphatic heterocycles. The van der Waals surface area contributed by atoms with Gasteiger partial charge < -0.3 is 0 Å². The first-order chi connectivity index (χ1) is 5.21. The molecule has 0 N–H and O–H groups in total. The van der Waals surface area contributed by atoms with E-state index in [0.717, 1.165) is 6.26 Å². The molecule has 8 heteroatoms. The molecule has 0 heterocycles. The van der Waals surface area contributed by atoms with Gasteiger partial charge in [0.05, 0.1) is 12.9 Å². The van der Waals surface area contributed by atoms with Crippen molar-refractivity contribution in [3.63, 3.8) is 0 Å². The Bertz CT molecular complexity index is 220. The highest BCUT2D eigenvalue weighted by molar-refractivity contribution is 8.00. The number of alkyl halides is 3. The molecule has 74 valence electrons. The monoisotopic (exact) mass is 224 g/mol. The van der Waals surface area contributed by atoms with Gasteiger partial charge in [-0.1, -0.05) is 0 Å². The van der Waals surface area contributed by atoms with E-state index in [1.165, 1.54) is 0 Å². The summed E-state index contributed by atoms with van der Waals surface area (Å²) in [4.78, 5) is 0. The molecule has 0 rings (SSSR count). The fraction of sp³-hybridized carbons (Fsp3) is 1.00. The molecule has 0 radical (unpaired) electrons. The molecule has 0 spiro atoms. The maximum atomic E-state index is 11.4. The van der Waals surface area contributed by atoms with E-state index in [4.69, 9.17) is 0 Å².